The lowest BCUT2D eigenvalue weighted by molar-refractivity contribution is 0.102. The highest BCUT2D eigenvalue weighted by Crippen LogP contribution is 2.15. The van der Waals surface area contributed by atoms with Crippen molar-refractivity contribution in [1.29, 1.82) is 0 Å². The molecule has 0 saturated heterocycles. The van der Waals surface area contributed by atoms with E-state index >= 15 is 0 Å². The number of halogens is 3. The van der Waals surface area contributed by atoms with Gasteiger partial charge in [-0.1, -0.05) is 0 Å². The molecule has 2 rings (SSSR count). The Hall–Kier alpha value is -1.51. The van der Waals surface area contributed by atoms with Gasteiger partial charge in [0.2, 0.25) is 0 Å². The molecule has 18 heavy (non-hydrogen) atoms. The molecule has 7 heteroatoms. The van der Waals surface area contributed by atoms with Crippen LogP contribution in [0.2, 0.25) is 0 Å². The first-order valence-corrected chi connectivity index (χ1v) is 6.01. The molecule has 1 aromatic heterocycles. The monoisotopic (exact) mass is 363 g/mol. The Morgan fingerprint density at radius 1 is 1.39 bits per heavy atom. The van der Waals surface area contributed by atoms with Crippen molar-refractivity contribution in [1.82, 2.24) is 9.78 Å². The predicted molar refractivity (Wildman–Crippen MR) is 70.2 cm³/mol. The van der Waals surface area contributed by atoms with Gasteiger partial charge in [-0.25, -0.2) is 8.78 Å². The van der Waals surface area contributed by atoms with Crippen molar-refractivity contribution >= 4 is 34.2 Å². The van der Waals surface area contributed by atoms with E-state index in [1.165, 1.54) is 10.7 Å². The van der Waals surface area contributed by atoms with Crippen LogP contribution in [0.5, 0.6) is 0 Å². The van der Waals surface area contributed by atoms with Crippen LogP contribution in [0.15, 0.2) is 24.4 Å². The van der Waals surface area contributed by atoms with Gasteiger partial charge in [0.05, 0.1) is 3.57 Å². The third-order valence-electron chi connectivity index (χ3n) is 2.18. The number of carbonyl (C=O) groups is 1. The minimum Gasteiger partial charge on any atom is -0.320 e. The maximum atomic E-state index is 13.0. The van der Waals surface area contributed by atoms with E-state index in [2.05, 4.69) is 10.4 Å². The number of aryl methyl sites for hydroxylation is 1. The Balaban J connectivity index is 2.21. The normalized spacial score (nSPS) is 10.4. The number of amides is 1. The zero-order valence-corrected chi connectivity index (χ0v) is 11.4. The van der Waals surface area contributed by atoms with Crippen molar-refractivity contribution in [3.05, 3.63) is 45.3 Å². The largest absolute Gasteiger partial charge is 0.320 e. The molecule has 1 heterocycles. The summed E-state index contributed by atoms with van der Waals surface area (Å²) in [5.74, 6) is -2.44. The van der Waals surface area contributed by atoms with Gasteiger partial charge in [0, 0.05) is 25.0 Å². The molecule has 0 unspecified atom stereocenters. The van der Waals surface area contributed by atoms with Crippen LogP contribution < -0.4 is 5.32 Å². The molecule has 4 nitrogen and oxygen atoms in total. The molecule has 0 radical (unpaired) electrons. The van der Waals surface area contributed by atoms with Gasteiger partial charge < -0.3 is 5.32 Å². The summed E-state index contributed by atoms with van der Waals surface area (Å²) >= 11 is 1.97. The molecule has 1 amide bonds. The Morgan fingerprint density at radius 3 is 2.67 bits per heavy atom. The quantitative estimate of drug-likeness (QED) is 0.834. The molecule has 0 aliphatic carbocycles. The van der Waals surface area contributed by atoms with Gasteiger partial charge in [0.1, 0.15) is 0 Å². The Labute approximate surface area is 115 Å². The van der Waals surface area contributed by atoms with Crippen LogP contribution >= 0.6 is 22.6 Å². The molecular weight excluding hydrogens is 355 g/mol. The lowest BCUT2D eigenvalue weighted by atomic mass is 10.3. The Morgan fingerprint density at radius 2 is 2.11 bits per heavy atom. The number of carbonyl (C=O) groups excluding carboxylic acids is 1. The van der Waals surface area contributed by atoms with Crippen LogP contribution in [0.25, 0.3) is 0 Å². The zero-order chi connectivity index (χ0) is 13.3. The van der Waals surface area contributed by atoms with E-state index in [9.17, 15) is 13.6 Å². The minimum absolute atomic E-state index is 0.181. The summed E-state index contributed by atoms with van der Waals surface area (Å²) in [6.45, 7) is 0. The number of rotatable bonds is 2. The highest BCUT2D eigenvalue weighted by molar-refractivity contribution is 14.1. The van der Waals surface area contributed by atoms with Crippen molar-refractivity contribution in [2.75, 3.05) is 5.32 Å². The SMILES string of the molecule is Cn1cc(I)c(C(=O)Nc2ccc(F)c(F)c2)n1. The molecule has 2 aromatic rings. The predicted octanol–water partition coefficient (Wildman–Crippen LogP) is 2.56. The van der Waals surface area contributed by atoms with E-state index in [4.69, 9.17) is 0 Å². The van der Waals surface area contributed by atoms with Crippen molar-refractivity contribution in [2.45, 2.75) is 0 Å². The minimum atomic E-state index is -1.01. The first-order chi connectivity index (χ1) is 8.47. The molecule has 0 saturated carbocycles. The van der Waals surface area contributed by atoms with Crippen LogP contribution in [-0.2, 0) is 7.05 Å². The fourth-order valence-corrected chi connectivity index (χ4v) is 2.13. The van der Waals surface area contributed by atoms with Crippen LogP contribution in [0.3, 0.4) is 0 Å². The molecule has 0 spiro atoms. The second kappa shape index (κ2) is 5.01. The molecule has 0 bridgehead atoms. The lowest BCUT2D eigenvalue weighted by Crippen LogP contribution is -2.14. The highest BCUT2D eigenvalue weighted by Gasteiger charge is 2.15. The average Bonchev–Trinajstić information content (AvgIpc) is 2.63. The standard InChI is InChI=1S/C11H8F2IN3O/c1-17-5-9(14)10(16-17)11(18)15-6-2-3-7(12)8(13)4-6/h2-5H,1H3,(H,15,18). The molecule has 0 aliphatic rings. The zero-order valence-electron chi connectivity index (χ0n) is 9.25. The summed E-state index contributed by atoms with van der Waals surface area (Å²) in [5, 5.41) is 6.43. The van der Waals surface area contributed by atoms with Crippen LogP contribution in [-0.4, -0.2) is 15.7 Å². The first-order valence-electron chi connectivity index (χ1n) is 4.93. The molecule has 1 N–H and O–H groups in total. The molecule has 0 aliphatic heterocycles. The summed E-state index contributed by atoms with van der Waals surface area (Å²) in [6, 6.07) is 3.16. The summed E-state index contributed by atoms with van der Waals surface area (Å²) in [4.78, 5) is 11.8. The number of nitrogens with one attached hydrogen (secondary N) is 1. The number of hydrogen-bond donors (Lipinski definition) is 1. The topological polar surface area (TPSA) is 46.9 Å². The van der Waals surface area contributed by atoms with E-state index in [0.717, 1.165) is 12.1 Å². The summed E-state index contributed by atoms with van der Waals surface area (Å²) in [7, 11) is 1.69. The second-order valence-electron chi connectivity index (χ2n) is 3.58. The Kier molecular flexibility index (Phi) is 3.60. The van der Waals surface area contributed by atoms with Crippen LogP contribution in [0.1, 0.15) is 10.5 Å². The van der Waals surface area contributed by atoms with E-state index in [0.29, 0.717) is 3.57 Å². The third-order valence-corrected chi connectivity index (χ3v) is 2.97. The smallest absolute Gasteiger partial charge is 0.277 e. The van der Waals surface area contributed by atoms with Gasteiger partial charge in [0.25, 0.3) is 5.91 Å². The van der Waals surface area contributed by atoms with E-state index in [1.807, 2.05) is 22.6 Å². The maximum absolute atomic E-state index is 13.0. The Bertz CT molecular complexity index is 612. The summed E-state index contributed by atoms with van der Waals surface area (Å²) in [5.41, 5.74) is 0.420. The molecule has 1 aromatic carbocycles. The van der Waals surface area contributed by atoms with Crippen molar-refractivity contribution in [2.24, 2.45) is 7.05 Å². The highest BCUT2D eigenvalue weighted by atomic mass is 127. The second-order valence-corrected chi connectivity index (χ2v) is 4.74. The average molecular weight is 363 g/mol. The third kappa shape index (κ3) is 2.66. The summed E-state index contributed by atoms with van der Waals surface area (Å²) < 4.78 is 27.9. The molecular formula is C11H8F2IN3O. The molecule has 0 fully saturated rings. The number of benzene rings is 1. The van der Waals surface area contributed by atoms with Crippen molar-refractivity contribution in [3.8, 4) is 0 Å². The van der Waals surface area contributed by atoms with Crippen molar-refractivity contribution < 1.29 is 13.6 Å². The van der Waals surface area contributed by atoms with Gasteiger partial charge in [0.15, 0.2) is 17.3 Å². The molecule has 94 valence electrons. The van der Waals surface area contributed by atoms with Crippen LogP contribution in [0, 0.1) is 15.2 Å². The fraction of sp³-hybridized carbons (Fsp3) is 0.0909. The van der Waals surface area contributed by atoms with Gasteiger partial charge in [-0.2, -0.15) is 5.10 Å². The van der Waals surface area contributed by atoms with E-state index in [1.54, 1.807) is 13.2 Å². The lowest BCUT2D eigenvalue weighted by Gasteiger charge is -2.03. The van der Waals surface area contributed by atoms with Gasteiger partial charge in [-0.05, 0) is 34.7 Å². The van der Waals surface area contributed by atoms with E-state index in [-0.39, 0.29) is 11.4 Å². The first kappa shape index (κ1) is 12.9. The van der Waals surface area contributed by atoms with Crippen LogP contribution in [0.4, 0.5) is 14.5 Å². The number of aromatic nitrogens is 2. The molecule has 0 atom stereocenters. The van der Waals surface area contributed by atoms with Gasteiger partial charge in [-0.15, -0.1) is 0 Å². The number of hydrogen-bond acceptors (Lipinski definition) is 2. The summed E-state index contributed by atoms with van der Waals surface area (Å²) in [6.07, 6.45) is 1.68. The van der Waals surface area contributed by atoms with Gasteiger partial charge >= 0.3 is 0 Å². The van der Waals surface area contributed by atoms with Gasteiger partial charge in [-0.3, -0.25) is 9.48 Å². The fourth-order valence-electron chi connectivity index (χ4n) is 1.38. The van der Waals surface area contributed by atoms with E-state index < -0.39 is 17.5 Å². The van der Waals surface area contributed by atoms with Crippen molar-refractivity contribution in [3.63, 3.8) is 0 Å². The maximum Gasteiger partial charge on any atom is 0.277 e. The number of anilines is 1. The number of nitrogens with zero attached hydrogens (tertiary/aromatic N) is 2.